The fourth-order valence-electron chi connectivity index (χ4n) is 2.67. The van der Waals surface area contributed by atoms with E-state index in [0.717, 1.165) is 29.8 Å². The van der Waals surface area contributed by atoms with Crippen molar-refractivity contribution in [3.05, 3.63) is 46.3 Å². The molecule has 5 nitrogen and oxygen atoms in total. The van der Waals surface area contributed by atoms with E-state index in [1.54, 1.807) is 11.8 Å². The summed E-state index contributed by atoms with van der Waals surface area (Å²) in [6.45, 7) is 4.22. The molecule has 0 radical (unpaired) electrons. The molecule has 1 aliphatic heterocycles. The first-order valence-electron chi connectivity index (χ1n) is 7.37. The van der Waals surface area contributed by atoms with Gasteiger partial charge in [-0.05, 0) is 30.4 Å². The lowest BCUT2D eigenvalue weighted by atomic mass is 10.1. The Hall–Kier alpha value is -1.50. The number of aromatic nitrogens is 2. The van der Waals surface area contributed by atoms with Gasteiger partial charge in [-0.3, -0.25) is 9.89 Å². The van der Waals surface area contributed by atoms with Crippen LogP contribution in [-0.4, -0.2) is 28.9 Å². The van der Waals surface area contributed by atoms with Crippen LogP contribution < -0.4 is 10.6 Å². The molecule has 0 atom stereocenters. The van der Waals surface area contributed by atoms with E-state index in [1.807, 2.05) is 0 Å². The Balaban J connectivity index is 0.00000192. The monoisotopic (exact) mass is 352 g/mol. The number of benzene rings is 1. The number of aromatic amines is 1. The summed E-state index contributed by atoms with van der Waals surface area (Å²) in [6.07, 6.45) is 2.94. The van der Waals surface area contributed by atoms with Crippen molar-refractivity contribution in [1.82, 2.24) is 20.8 Å². The van der Waals surface area contributed by atoms with Crippen LogP contribution in [0.4, 0.5) is 0 Å². The average Bonchev–Trinajstić information content (AvgIpc) is 2.97. The van der Waals surface area contributed by atoms with Crippen molar-refractivity contribution in [2.45, 2.75) is 31.3 Å². The number of halogens is 1. The van der Waals surface area contributed by atoms with E-state index < -0.39 is 0 Å². The lowest BCUT2D eigenvalue weighted by molar-refractivity contribution is 0.0944. The number of hydrogen-bond acceptors (Lipinski definition) is 4. The summed E-state index contributed by atoms with van der Waals surface area (Å²) in [4.78, 5) is 13.6. The summed E-state index contributed by atoms with van der Waals surface area (Å²) in [6, 6.07) is 6.29. The molecule has 3 rings (SSSR count). The van der Waals surface area contributed by atoms with Gasteiger partial charge in [0.15, 0.2) is 5.69 Å². The number of hydrogen-bond donors (Lipinski definition) is 3. The fraction of sp³-hybridized carbons (Fsp3) is 0.375. The normalized spacial score (nSPS) is 13.1. The molecule has 0 aliphatic carbocycles. The fourth-order valence-corrected chi connectivity index (χ4v) is 3.38. The molecule has 1 aromatic carbocycles. The third-order valence-electron chi connectivity index (χ3n) is 3.90. The maximum Gasteiger partial charge on any atom is 0.272 e. The van der Waals surface area contributed by atoms with Crippen molar-refractivity contribution in [3.63, 3.8) is 0 Å². The molecule has 23 heavy (non-hydrogen) atoms. The number of nitrogens with one attached hydrogen (secondary N) is 3. The summed E-state index contributed by atoms with van der Waals surface area (Å²) < 4.78 is 0. The largest absolute Gasteiger partial charge is 0.347 e. The van der Waals surface area contributed by atoms with Crippen LogP contribution in [0.1, 0.15) is 32.9 Å². The molecule has 1 aliphatic rings. The Morgan fingerprint density at radius 2 is 2.26 bits per heavy atom. The average molecular weight is 353 g/mol. The van der Waals surface area contributed by atoms with Crippen LogP contribution in [0.25, 0.3) is 0 Å². The summed E-state index contributed by atoms with van der Waals surface area (Å²) >= 11 is 1.70. The van der Waals surface area contributed by atoms with Crippen LogP contribution in [-0.2, 0) is 19.5 Å². The minimum Gasteiger partial charge on any atom is -0.347 e. The van der Waals surface area contributed by atoms with Crippen LogP contribution >= 0.6 is 24.2 Å². The quantitative estimate of drug-likeness (QED) is 0.739. The molecule has 0 saturated carbocycles. The molecule has 124 valence electrons. The van der Waals surface area contributed by atoms with Gasteiger partial charge in [0.1, 0.15) is 0 Å². The number of nitrogens with zero attached hydrogens (tertiary/aromatic N) is 1. The molecule has 1 aromatic heterocycles. The summed E-state index contributed by atoms with van der Waals surface area (Å²) in [5, 5.41) is 13.4. The van der Waals surface area contributed by atoms with Crippen molar-refractivity contribution in [2.75, 3.05) is 12.8 Å². The van der Waals surface area contributed by atoms with E-state index >= 15 is 0 Å². The van der Waals surface area contributed by atoms with Gasteiger partial charge in [0.25, 0.3) is 5.91 Å². The number of thioether (sulfide) groups is 1. The first kappa shape index (κ1) is 17.8. The van der Waals surface area contributed by atoms with Gasteiger partial charge < -0.3 is 10.6 Å². The summed E-state index contributed by atoms with van der Waals surface area (Å²) in [5.41, 5.74) is 4.95. The third-order valence-corrected chi connectivity index (χ3v) is 4.72. The van der Waals surface area contributed by atoms with Gasteiger partial charge in [0.2, 0.25) is 0 Å². The van der Waals surface area contributed by atoms with Crippen molar-refractivity contribution in [1.29, 1.82) is 0 Å². The number of carbonyl (C=O) groups excluding carboxylic acids is 1. The van der Waals surface area contributed by atoms with Crippen LogP contribution in [0, 0.1) is 6.92 Å². The maximum atomic E-state index is 12.4. The first-order valence-corrected chi connectivity index (χ1v) is 8.60. The highest BCUT2D eigenvalue weighted by Crippen LogP contribution is 2.22. The molecule has 1 amide bonds. The molecule has 0 fully saturated rings. The predicted octanol–water partition coefficient (Wildman–Crippen LogP) is 2.44. The zero-order chi connectivity index (χ0) is 15.5. The van der Waals surface area contributed by atoms with Crippen LogP contribution in [0.5, 0.6) is 0 Å². The summed E-state index contributed by atoms with van der Waals surface area (Å²) in [5.74, 6) is -0.117. The predicted molar refractivity (Wildman–Crippen MR) is 95.4 cm³/mol. The van der Waals surface area contributed by atoms with Crippen molar-refractivity contribution >= 4 is 30.1 Å². The van der Waals surface area contributed by atoms with Gasteiger partial charge in [-0.1, -0.05) is 12.1 Å². The number of aryl methyl sites for hydroxylation is 1. The number of fused-ring (bicyclic) bond motifs is 1. The highest BCUT2D eigenvalue weighted by atomic mass is 35.5. The number of H-pyrrole nitrogens is 1. The molecule has 2 heterocycles. The third kappa shape index (κ3) is 3.88. The Morgan fingerprint density at radius 1 is 1.43 bits per heavy atom. The molecule has 0 unspecified atom stereocenters. The molecular formula is C16H21ClN4OS. The minimum absolute atomic E-state index is 0. The van der Waals surface area contributed by atoms with Crippen LogP contribution in [0.2, 0.25) is 0 Å². The second-order valence-corrected chi connectivity index (χ2v) is 6.30. The van der Waals surface area contributed by atoms with Gasteiger partial charge >= 0.3 is 0 Å². The molecule has 0 bridgehead atoms. The van der Waals surface area contributed by atoms with Gasteiger partial charge in [0, 0.05) is 42.2 Å². The summed E-state index contributed by atoms with van der Waals surface area (Å²) in [7, 11) is 0. The molecule has 0 saturated heterocycles. The van der Waals surface area contributed by atoms with Gasteiger partial charge in [0.05, 0.1) is 0 Å². The second kappa shape index (κ2) is 7.86. The number of carbonyl (C=O) groups is 1. The molecular weight excluding hydrogens is 332 g/mol. The van der Waals surface area contributed by atoms with E-state index in [-0.39, 0.29) is 18.3 Å². The van der Waals surface area contributed by atoms with Gasteiger partial charge in [-0.15, -0.1) is 24.2 Å². The lowest BCUT2D eigenvalue weighted by Gasteiger charge is -2.13. The van der Waals surface area contributed by atoms with E-state index in [0.29, 0.717) is 18.8 Å². The SMILES string of the molecule is CSc1cc(C)ccc1CNC(=O)c1n[nH]c2c1CNCC2.Cl. The van der Waals surface area contributed by atoms with Gasteiger partial charge in [-0.2, -0.15) is 5.10 Å². The van der Waals surface area contributed by atoms with E-state index in [1.165, 1.54) is 10.5 Å². The Bertz CT molecular complexity index is 701. The molecule has 0 spiro atoms. The van der Waals surface area contributed by atoms with Gasteiger partial charge in [-0.25, -0.2) is 0 Å². The smallest absolute Gasteiger partial charge is 0.272 e. The van der Waals surface area contributed by atoms with Crippen LogP contribution in [0.15, 0.2) is 23.1 Å². The standard InChI is InChI=1S/C16H20N4OS.ClH/c1-10-3-4-11(14(7-10)22-2)8-18-16(21)15-12-9-17-6-5-13(12)19-20-15;/h3-4,7,17H,5-6,8-9H2,1-2H3,(H,18,21)(H,19,20);1H. The molecule has 7 heteroatoms. The van der Waals surface area contributed by atoms with Crippen LogP contribution in [0.3, 0.4) is 0 Å². The Kier molecular flexibility index (Phi) is 6.10. The zero-order valence-corrected chi connectivity index (χ0v) is 14.9. The Labute approximate surface area is 146 Å². The van der Waals surface area contributed by atoms with E-state index in [4.69, 9.17) is 0 Å². The van der Waals surface area contributed by atoms with E-state index in [9.17, 15) is 4.79 Å². The highest BCUT2D eigenvalue weighted by molar-refractivity contribution is 7.98. The molecule has 3 N–H and O–H groups in total. The minimum atomic E-state index is -0.117. The van der Waals surface area contributed by atoms with Crippen molar-refractivity contribution in [2.24, 2.45) is 0 Å². The Morgan fingerprint density at radius 3 is 3.04 bits per heavy atom. The second-order valence-electron chi connectivity index (χ2n) is 5.45. The topological polar surface area (TPSA) is 69.8 Å². The number of rotatable bonds is 4. The highest BCUT2D eigenvalue weighted by Gasteiger charge is 2.21. The maximum absolute atomic E-state index is 12.4. The lowest BCUT2D eigenvalue weighted by Crippen LogP contribution is -2.28. The number of amides is 1. The molecule has 2 aromatic rings. The first-order chi connectivity index (χ1) is 10.7. The zero-order valence-electron chi connectivity index (χ0n) is 13.2. The van der Waals surface area contributed by atoms with Crippen molar-refractivity contribution in [3.8, 4) is 0 Å². The van der Waals surface area contributed by atoms with E-state index in [2.05, 4.69) is 52.2 Å². The van der Waals surface area contributed by atoms with Crippen molar-refractivity contribution < 1.29 is 4.79 Å².